The molecule has 0 aliphatic heterocycles. The molecule has 1 aromatic heterocycles. The molecule has 0 unspecified atom stereocenters. The first-order valence-electron chi connectivity index (χ1n) is 11.4. The SMILES string of the molecule is CCCN(c1cccc(Nc2cc(-c3ccccc3OCc3ccccc3)ncn2)c1)S(C)(=O)=O. The van der Waals surface area contributed by atoms with Gasteiger partial charge in [0, 0.05) is 23.9 Å². The maximum atomic E-state index is 12.2. The predicted octanol–water partition coefficient (Wildman–Crippen LogP) is 5.64. The van der Waals surface area contributed by atoms with Gasteiger partial charge in [0.05, 0.1) is 17.6 Å². The number of rotatable bonds is 10. The summed E-state index contributed by atoms with van der Waals surface area (Å²) < 4.78 is 32.0. The molecular weight excluding hydrogens is 460 g/mol. The van der Waals surface area contributed by atoms with Gasteiger partial charge in [-0.05, 0) is 42.3 Å². The first-order chi connectivity index (χ1) is 16.9. The van der Waals surface area contributed by atoms with Gasteiger partial charge in [0.15, 0.2) is 0 Å². The second-order valence-electron chi connectivity index (χ2n) is 8.07. The summed E-state index contributed by atoms with van der Waals surface area (Å²) in [7, 11) is -3.38. The summed E-state index contributed by atoms with van der Waals surface area (Å²) in [6.07, 6.45) is 3.43. The molecule has 0 atom stereocenters. The molecule has 0 bridgehead atoms. The van der Waals surface area contributed by atoms with Crippen molar-refractivity contribution in [2.45, 2.75) is 20.0 Å². The van der Waals surface area contributed by atoms with Gasteiger partial charge < -0.3 is 10.1 Å². The third kappa shape index (κ3) is 6.36. The second kappa shape index (κ2) is 11.0. The molecule has 0 saturated heterocycles. The van der Waals surface area contributed by atoms with E-state index in [4.69, 9.17) is 4.74 Å². The Labute approximate surface area is 206 Å². The smallest absolute Gasteiger partial charge is 0.232 e. The Kier molecular flexibility index (Phi) is 7.62. The zero-order valence-electron chi connectivity index (χ0n) is 19.8. The second-order valence-corrected chi connectivity index (χ2v) is 9.98. The number of hydrogen-bond donors (Lipinski definition) is 1. The van der Waals surface area contributed by atoms with E-state index in [0.717, 1.165) is 22.6 Å². The number of para-hydroxylation sites is 1. The highest BCUT2D eigenvalue weighted by molar-refractivity contribution is 7.92. The summed E-state index contributed by atoms with van der Waals surface area (Å²) in [4.78, 5) is 8.80. The summed E-state index contributed by atoms with van der Waals surface area (Å²) in [5.41, 5.74) is 3.98. The Morgan fingerprint density at radius 1 is 0.914 bits per heavy atom. The van der Waals surface area contributed by atoms with Gasteiger partial charge in [-0.1, -0.05) is 55.5 Å². The van der Waals surface area contributed by atoms with Crippen LogP contribution >= 0.6 is 0 Å². The van der Waals surface area contributed by atoms with E-state index in [2.05, 4.69) is 15.3 Å². The van der Waals surface area contributed by atoms with Crippen LogP contribution in [0.2, 0.25) is 0 Å². The zero-order valence-corrected chi connectivity index (χ0v) is 20.6. The molecule has 4 aromatic rings. The van der Waals surface area contributed by atoms with E-state index in [0.29, 0.717) is 36.8 Å². The van der Waals surface area contributed by atoms with Crippen LogP contribution in [0.3, 0.4) is 0 Å². The summed E-state index contributed by atoms with van der Waals surface area (Å²) in [5.74, 6) is 1.32. The van der Waals surface area contributed by atoms with E-state index in [1.807, 2.05) is 79.7 Å². The lowest BCUT2D eigenvalue weighted by atomic mass is 10.1. The molecular formula is C27H28N4O3S. The van der Waals surface area contributed by atoms with E-state index in [1.54, 1.807) is 12.1 Å². The van der Waals surface area contributed by atoms with Crippen molar-refractivity contribution < 1.29 is 13.2 Å². The molecule has 0 spiro atoms. The van der Waals surface area contributed by atoms with Gasteiger partial charge in [0.1, 0.15) is 24.5 Å². The van der Waals surface area contributed by atoms with Crippen LogP contribution in [0.15, 0.2) is 91.3 Å². The van der Waals surface area contributed by atoms with Gasteiger partial charge in [-0.25, -0.2) is 18.4 Å². The Balaban J connectivity index is 1.56. The maximum Gasteiger partial charge on any atom is 0.232 e. The lowest BCUT2D eigenvalue weighted by molar-refractivity contribution is 0.307. The first-order valence-corrected chi connectivity index (χ1v) is 13.2. The van der Waals surface area contributed by atoms with Crippen LogP contribution in [-0.2, 0) is 16.6 Å². The Hall–Kier alpha value is -3.91. The van der Waals surface area contributed by atoms with Gasteiger partial charge in [0.2, 0.25) is 10.0 Å². The van der Waals surface area contributed by atoms with Crippen molar-refractivity contribution in [2.75, 3.05) is 22.4 Å². The van der Waals surface area contributed by atoms with Gasteiger partial charge in [-0.2, -0.15) is 0 Å². The molecule has 1 heterocycles. The molecule has 0 radical (unpaired) electrons. The number of nitrogens with one attached hydrogen (secondary N) is 1. The predicted molar refractivity (Wildman–Crippen MR) is 140 cm³/mol. The number of ether oxygens (including phenoxy) is 1. The van der Waals surface area contributed by atoms with E-state index in [-0.39, 0.29) is 0 Å². The third-order valence-corrected chi connectivity index (χ3v) is 6.49. The molecule has 1 N–H and O–H groups in total. The number of anilines is 3. The molecule has 0 saturated carbocycles. The fourth-order valence-corrected chi connectivity index (χ4v) is 4.70. The molecule has 0 amide bonds. The molecule has 8 heteroatoms. The minimum absolute atomic E-state index is 0.416. The molecule has 180 valence electrons. The highest BCUT2D eigenvalue weighted by Gasteiger charge is 2.17. The first kappa shape index (κ1) is 24.2. The Bertz CT molecular complexity index is 1380. The quantitative estimate of drug-likeness (QED) is 0.311. The summed E-state index contributed by atoms with van der Waals surface area (Å²) in [6.45, 7) is 2.82. The lowest BCUT2D eigenvalue weighted by Crippen LogP contribution is -2.30. The van der Waals surface area contributed by atoms with Gasteiger partial charge in [-0.15, -0.1) is 0 Å². The maximum absolute atomic E-state index is 12.2. The van der Waals surface area contributed by atoms with E-state index in [9.17, 15) is 8.42 Å². The van der Waals surface area contributed by atoms with Crippen LogP contribution in [0.5, 0.6) is 5.75 Å². The highest BCUT2D eigenvalue weighted by atomic mass is 32.2. The van der Waals surface area contributed by atoms with Crippen molar-refractivity contribution in [2.24, 2.45) is 0 Å². The van der Waals surface area contributed by atoms with Crippen molar-refractivity contribution >= 4 is 27.2 Å². The fraction of sp³-hybridized carbons (Fsp3) is 0.185. The average molecular weight is 489 g/mol. The van der Waals surface area contributed by atoms with Crippen LogP contribution in [0, 0.1) is 0 Å². The van der Waals surface area contributed by atoms with Crippen molar-refractivity contribution in [3.63, 3.8) is 0 Å². The monoisotopic (exact) mass is 488 g/mol. The number of nitrogens with zero attached hydrogens (tertiary/aromatic N) is 3. The Morgan fingerprint density at radius 2 is 1.69 bits per heavy atom. The molecule has 3 aromatic carbocycles. The molecule has 35 heavy (non-hydrogen) atoms. The van der Waals surface area contributed by atoms with Crippen LogP contribution in [-0.4, -0.2) is 31.2 Å². The van der Waals surface area contributed by atoms with Gasteiger partial charge in [0.25, 0.3) is 0 Å². The number of benzene rings is 3. The average Bonchev–Trinajstić information content (AvgIpc) is 2.86. The van der Waals surface area contributed by atoms with E-state index < -0.39 is 10.0 Å². The Morgan fingerprint density at radius 3 is 2.46 bits per heavy atom. The molecule has 4 rings (SSSR count). The summed E-state index contributed by atoms with van der Waals surface area (Å²) in [6, 6.07) is 26.9. The van der Waals surface area contributed by atoms with Crippen molar-refractivity contribution in [3.05, 3.63) is 96.8 Å². The molecule has 0 aliphatic carbocycles. The summed E-state index contributed by atoms with van der Waals surface area (Å²) in [5, 5.41) is 3.27. The standard InChI is InChI=1S/C27H28N4O3S/c1-3-16-31(35(2,32)33)23-13-9-12-22(17-23)30-27-18-25(28-20-29-27)24-14-7-8-15-26(24)34-19-21-10-5-4-6-11-21/h4-15,17-18,20H,3,16,19H2,1-2H3,(H,28,29,30). The van der Waals surface area contributed by atoms with Crippen molar-refractivity contribution in [1.82, 2.24) is 9.97 Å². The third-order valence-electron chi connectivity index (χ3n) is 5.30. The molecule has 0 fully saturated rings. The minimum atomic E-state index is -3.38. The van der Waals surface area contributed by atoms with E-state index in [1.165, 1.54) is 16.9 Å². The number of sulfonamides is 1. The largest absolute Gasteiger partial charge is 0.488 e. The normalized spacial score (nSPS) is 11.1. The van der Waals surface area contributed by atoms with Crippen LogP contribution in [0.25, 0.3) is 11.3 Å². The van der Waals surface area contributed by atoms with Crippen molar-refractivity contribution in [1.29, 1.82) is 0 Å². The van der Waals surface area contributed by atoms with E-state index >= 15 is 0 Å². The topological polar surface area (TPSA) is 84.4 Å². The summed E-state index contributed by atoms with van der Waals surface area (Å²) >= 11 is 0. The van der Waals surface area contributed by atoms with Gasteiger partial charge in [-0.3, -0.25) is 4.31 Å². The fourth-order valence-electron chi connectivity index (χ4n) is 3.69. The van der Waals surface area contributed by atoms with Crippen LogP contribution in [0.4, 0.5) is 17.2 Å². The number of hydrogen-bond acceptors (Lipinski definition) is 6. The highest BCUT2D eigenvalue weighted by Crippen LogP contribution is 2.31. The minimum Gasteiger partial charge on any atom is -0.488 e. The lowest BCUT2D eigenvalue weighted by Gasteiger charge is -2.22. The molecule has 7 nitrogen and oxygen atoms in total. The molecule has 0 aliphatic rings. The van der Waals surface area contributed by atoms with Gasteiger partial charge >= 0.3 is 0 Å². The van der Waals surface area contributed by atoms with Crippen molar-refractivity contribution in [3.8, 4) is 17.0 Å². The zero-order chi connectivity index (χ0) is 24.7. The number of aromatic nitrogens is 2. The van der Waals surface area contributed by atoms with Crippen LogP contribution in [0.1, 0.15) is 18.9 Å². The van der Waals surface area contributed by atoms with Crippen LogP contribution < -0.4 is 14.4 Å².